The number of aliphatic hydroxyl groups excluding tert-OH is 1. The van der Waals surface area contributed by atoms with E-state index in [1.54, 1.807) is 28.2 Å². The lowest BCUT2D eigenvalue weighted by Gasteiger charge is -2.16. The van der Waals surface area contributed by atoms with Crippen molar-refractivity contribution in [2.24, 2.45) is 5.92 Å². The normalized spacial score (nSPS) is 20.9. The van der Waals surface area contributed by atoms with Crippen molar-refractivity contribution in [3.05, 3.63) is 41.7 Å². The fraction of sp³-hybridized carbons (Fsp3) is 0.500. The molecule has 0 bridgehead atoms. The predicted molar refractivity (Wildman–Crippen MR) is 83.5 cm³/mol. The third kappa shape index (κ3) is 3.56. The summed E-state index contributed by atoms with van der Waals surface area (Å²) in [6.45, 7) is 4.96. The van der Waals surface area contributed by atoms with Gasteiger partial charge >= 0.3 is 0 Å². The monoisotopic (exact) mass is 315 g/mol. The van der Waals surface area contributed by atoms with E-state index in [0.717, 1.165) is 17.1 Å². The van der Waals surface area contributed by atoms with Crippen LogP contribution in [0.15, 0.2) is 24.7 Å². The quantitative estimate of drug-likeness (QED) is 0.880. The molecule has 1 N–H and O–H groups in total. The smallest absolute Gasteiger partial charge is 0.244 e. The Morgan fingerprint density at radius 3 is 2.83 bits per heavy atom. The summed E-state index contributed by atoms with van der Waals surface area (Å²) in [7, 11) is 0. The summed E-state index contributed by atoms with van der Waals surface area (Å²) in [5.41, 5.74) is 2.70. The zero-order valence-electron chi connectivity index (χ0n) is 13.4. The van der Waals surface area contributed by atoms with Gasteiger partial charge in [-0.25, -0.2) is 0 Å². The molecule has 2 atom stereocenters. The molecule has 3 rings (SSSR count). The molecule has 0 unspecified atom stereocenters. The number of carbonyl (C=O) groups is 1. The Hall–Kier alpha value is -2.28. The van der Waals surface area contributed by atoms with Gasteiger partial charge < -0.3 is 10.0 Å². The van der Waals surface area contributed by atoms with Crippen LogP contribution in [0, 0.1) is 19.8 Å². The maximum Gasteiger partial charge on any atom is 0.244 e. The van der Waals surface area contributed by atoms with Crippen molar-refractivity contribution in [1.29, 1.82) is 0 Å². The molecule has 1 aliphatic heterocycles. The Bertz CT molecular complexity index is 685. The van der Waals surface area contributed by atoms with E-state index >= 15 is 0 Å². The first-order valence-corrected chi connectivity index (χ1v) is 7.74. The van der Waals surface area contributed by atoms with Gasteiger partial charge in [-0.05, 0) is 26.3 Å². The first kappa shape index (κ1) is 15.6. The molecule has 1 saturated heterocycles. The van der Waals surface area contributed by atoms with Gasteiger partial charge in [-0.3, -0.25) is 19.4 Å². The molecule has 0 aromatic carbocycles. The SMILES string of the molecule is Cc1cc(C)n(CC(=O)N2C[C@@H](Cc3cnccn3)[C@H](O)C2)n1. The van der Waals surface area contributed by atoms with Gasteiger partial charge in [0.1, 0.15) is 6.54 Å². The second-order valence-electron chi connectivity index (χ2n) is 6.11. The number of aromatic nitrogens is 4. The Balaban J connectivity index is 1.61. The van der Waals surface area contributed by atoms with E-state index in [0.29, 0.717) is 19.5 Å². The molecule has 7 nitrogen and oxygen atoms in total. The van der Waals surface area contributed by atoms with Gasteiger partial charge in [0.25, 0.3) is 0 Å². The number of likely N-dealkylation sites (tertiary alicyclic amines) is 1. The Kier molecular flexibility index (Phi) is 4.38. The fourth-order valence-corrected chi connectivity index (χ4v) is 3.03. The summed E-state index contributed by atoms with van der Waals surface area (Å²) in [5, 5.41) is 14.5. The van der Waals surface area contributed by atoms with Gasteiger partial charge in [0.05, 0.1) is 17.5 Å². The molecule has 1 fully saturated rings. The molecule has 23 heavy (non-hydrogen) atoms. The van der Waals surface area contributed by atoms with Crippen molar-refractivity contribution in [2.75, 3.05) is 13.1 Å². The zero-order valence-corrected chi connectivity index (χ0v) is 13.4. The van der Waals surface area contributed by atoms with Crippen molar-refractivity contribution in [2.45, 2.75) is 32.9 Å². The highest BCUT2D eigenvalue weighted by atomic mass is 16.3. The predicted octanol–water partition coefficient (Wildman–Crippen LogP) is 0.352. The summed E-state index contributed by atoms with van der Waals surface area (Å²) in [6.07, 6.45) is 5.06. The Labute approximate surface area is 135 Å². The van der Waals surface area contributed by atoms with Crippen molar-refractivity contribution < 1.29 is 9.90 Å². The number of β-amino-alcohol motifs (C(OH)–C–C–N with tert-alkyl or cyclic N) is 1. The summed E-state index contributed by atoms with van der Waals surface area (Å²) < 4.78 is 1.71. The van der Waals surface area contributed by atoms with E-state index < -0.39 is 6.10 Å². The number of hydrogen-bond acceptors (Lipinski definition) is 5. The first-order chi connectivity index (χ1) is 11.0. The van der Waals surface area contributed by atoms with Crippen molar-refractivity contribution in [3.8, 4) is 0 Å². The first-order valence-electron chi connectivity index (χ1n) is 7.74. The summed E-state index contributed by atoms with van der Waals surface area (Å²) in [5.74, 6) is -0.0204. The standard InChI is InChI=1S/C16H21N5O2/c1-11-5-12(2)21(19-11)10-16(23)20-8-13(15(22)9-20)6-14-7-17-3-4-18-14/h3-5,7,13,15,22H,6,8-10H2,1-2H3/t13-,15-/m1/s1. The molecule has 0 aliphatic carbocycles. The molecule has 2 aromatic rings. The lowest BCUT2D eigenvalue weighted by molar-refractivity contribution is -0.131. The highest BCUT2D eigenvalue weighted by Crippen LogP contribution is 2.21. The molecule has 7 heteroatoms. The van der Waals surface area contributed by atoms with Crippen LogP contribution in [-0.2, 0) is 17.8 Å². The highest BCUT2D eigenvalue weighted by Gasteiger charge is 2.34. The maximum absolute atomic E-state index is 12.4. The molecular formula is C16H21N5O2. The molecule has 0 radical (unpaired) electrons. The summed E-state index contributed by atoms with van der Waals surface area (Å²) in [6, 6.07) is 1.95. The second kappa shape index (κ2) is 6.45. The molecule has 2 aromatic heterocycles. The fourth-order valence-electron chi connectivity index (χ4n) is 3.03. The third-order valence-corrected chi connectivity index (χ3v) is 4.24. The van der Waals surface area contributed by atoms with Gasteiger partial charge in [0.15, 0.2) is 0 Å². The van der Waals surface area contributed by atoms with Crippen LogP contribution < -0.4 is 0 Å². The number of aryl methyl sites for hydroxylation is 2. The van der Waals surface area contributed by atoms with E-state index in [1.807, 2.05) is 19.9 Å². The van der Waals surface area contributed by atoms with Crippen LogP contribution in [0.1, 0.15) is 17.1 Å². The average molecular weight is 315 g/mol. The van der Waals surface area contributed by atoms with Crippen LogP contribution in [0.5, 0.6) is 0 Å². The van der Waals surface area contributed by atoms with E-state index in [4.69, 9.17) is 0 Å². The Morgan fingerprint density at radius 2 is 2.17 bits per heavy atom. The minimum absolute atomic E-state index is 0.00361. The van der Waals surface area contributed by atoms with Crippen molar-refractivity contribution in [1.82, 2.24) is 24.6 Å². The lowest BCUT2D eigenvalue weighted by Crippen LogP contribution is -2.33. The van der Waals surface area contributed by atoms with Crippen LogP contribution in [0.2, 0.25) is 0 Å². The van der Waals surface area contributed by atoms with Crippen molar-refractivity contribution >= 4 is 5.91 Å². The van der Waals surface area contributed by atoms with Crippen LogP contribution in [0.3, 0.4) is 0 Å². The number of nitrogens with zero attached hydrogens (tertiary/aromatic N) is 5. The minimum atomic E-state index is -0.526. The number of rotatable bonds is 4. The summed E-state index contributed by atoms with van der Waals surface area (Å²) in [4.78, 5) is 22.4. The topological polar surface area (TPSA) is 84.1 Å². The molecule has 0 saturated carbocycles. The third-order valence-electron chi connectivity index (χ3n) is 4.24. The molecule has 3 heterocycles. The number of carbonyl (C=O) groups excluding carboxylic acids is 1. The van der Waals surface area contributed by atoms with E-state index in [2.05, 4.69) is 15.1 Å². The molecular weight excluding hydrogens is 294 g/mol. The van der Waals surface area contributed by atoms with Gasteiger partial charge in [-0.2, -0.15) is 5.10 Å². The lowest BCUT2D eigenvalue weighted by atomic mass is 10.0. The van der Waals surface area contributed by atoms with Crippen LogP contribution in [-0.4, -0.2) is 54.9 Å². The van der Waals surface area contributed by atoms with Crippen LogP contribution >= 0.6 is 0 Å². The minimum Gasteiger partial charge on any atom is -0.391 e. The number of aliphatic hydroxyl groups is 1. The van der Waals surface area contributed by atoms with Gasteiger partial charge in [-0.15, -0.1) is 0 Å². The molecule has 1 amide bonds. The van der Waals surface area contributed by atoms with Gasteiger partial charge in [0, 0.05) is 43.3 Å². The zero-order chi connectivity index (χ0) is 16.4. The molecule has 0 spiro atoms. The second-order valence-corrected chi connectivity index (χ2v) is 6.11. The largest absolute Gasteiger partial charge is 0.391 e. The molecule has 122 valence electrons. The summed E-state index contributed by atoms with van der Waals surface area (Å²) >= 11 is 0. The van der Waals surface area contributed by atoms with E-state index in [9.17, 15) is 9.90 Å². The molecule has 1 aliphatic rings. The number of hydrogen-bond donors (Lipinski definition) is 1. The van der Waals surface area contributed by atoms with Gasteiger partial charge in [-0.1, -0.05) is 0 Å². The Morgan fingerprint density at radius 1 is 1.35 bits per heavy atom. The van der Waals surface area contributed by atoms with Crippen molar-refractivity contribution in [3.63, 3.8) is 0 Å². The van der Waals surface area contributed by atoms with Crippen LogP contribution in [0.4, 0.5) is 0 Å². The maximum atomic E-state index is 12.4. The number of amides is 1. The van der Waals surface area contributed by atoms with Crippen LogP contribution in [0.25, 0.3) is 0 Å². The van der Waals surface area contributed by atoms with Gasteiger partial charge in [0.2, 0.25) is 5.91 Å². The van der Waals surface area contributed by atoms with E-state index in [-0.39, 0.29) is 18.4 Å². The average Bonchev–Trinajstić information content (AvgIpc) is 3.03. The van der Waals surface area contributed by atoms with E-state index in [1.165, 1.54) is 0 Å². The highest BCUT2D eigenvalue weighted by molar-refractivity contribution is 5.76.